The Morgan fingerprint density at radius 2 is 1.64 bits per heavy atom. The van der Waals surface area contributed by atoms with E-state index in [1.807, 2.05) is 36.4 Å². The van der Waals surface area contributed by atoms with Crippen molar-refractivity contribution in [3.05, 3.63) is 54.6 Å². The Morgan fingerprint density at radius 3 is 2.36 bits per heavy atom. The number of nitrogens with one attached hydrogen (secondary N) is 1. The van der Waals surface area contributed by atoms with Gasteiger partial charge in [-0.1, -0.05) is 30.3 Å². The van der Waals surface area contributed by atoms with Crippen LogP contribution in [-0.2, 0) is 9.59 Å². The maximum absolute atomic E-state index is 11.8. The zero-order chi connectivity index (χ0) is 15.8. The Kier molecular flexibility index (Phi) is 5.54. The van der Waals surface area contributed by atoms with Crippen molar-refractivity contribution in [2.45, 2.75) is 19.3 Å². The number of carbonyl (C=O) groups excluding carboxylic acids is 2. The van der Waals surface area contributed by atoms with E-state index in [0.29, 0.717) is 17.2 Å². The van der Waals surface area contributed by atoms with E-state index in [4.69, 9.17) is 4.74 Å². The van der Waals surface area contributed by atoms with Gasteiger partial charge in [0.2, 0.25) is 5.91 Å². The number of hydrogen-bond acceptors (Lipinski definition) is 4. The number of aliphatic carboxylic acids is 1. The molecule has 0 atom stereocenters. The molecule has 5 heteroatoms. The fourth-order valence-electron chi connectivity index (χ4n) is 1.88. The Morgan fingerprint density at radius 1 is 0.955 bits per heavy atom. The SMILES string of the molecule is O=C([O-])CCCC(=O)Nc1ccccc1Oc1ccccc1. The molecule has 0 radical (unpaired) electrons. The van der Waals surface area contributed by atoms with Gasteiger partial charge in [-0.05, 0) is 37.1 Å². The largest absolute Gasteiger partial charge is 0.550 e. The highest BCUT2D eigenvalue weighted by molar-refractivity contribution is 5.92. The molecule has 0 bridgehead atoms. The predicted octanol–water partition coefficient (Wildman–Crippen LogP) is 2.34. The molecule has 2 rings (SSSR count). The second-order valence-corrected chi connectivity index (χ2v) is 4.69. The average Bonchev–Trinajstić information content (AvgIpc) is 2.50. The molecule has 0 aliphatic carbocycles. The van der Waals surface area contributed by atoms with Crippen LogP contribution < -0.4 is 15.2 Å². The lowest BCUT2D eigenvalue weighted by molar-refractivity contribution is -0.305. The van der Waals surface area contributed by atoms with Crippen LogP contribution in [0.3, 0.4) is 0 Å². The molecule has 0 heterocycles. The molecule has 1 amide bonds. The van der Waals surface area contributed by atoms with Gasteiger partial charge in [-0.2, -0.15) is 0 Å². The molecule has 0 aliphatic heterocycles. The molecule has 0 unspecified atom stereocenters. The maximum Gasteiger partial charge on any atom is 0.224 e. The molecule has 0 saturated carbocycles. The zero-order valence-corrected chi connectivity index (χ0v) is 12.0. The summed E-state index contributed by atoms with van der Waals surface area (Å²) in [6.07, 6.45) is 0.235. The van der Waals surface area contributed by atoms with Gasteiger partial charge >= 0.3 is 0 Å². The van der Waals surface area contributed by atoms with Crippen molar-refractivity contribution >= 4 is 17.6 Å². The standard InChI is InChI=1S/C17H17NO4/c19-16(11-6-12-17(20)21)18-14-9-4-5-10-15(14)22-13-7-2-1-3-8-13/h1-5,7-10H,6,11-12H2,(H,18,19)(H,20,21)/p-1. The lowest BCUT2D eigenvalue weighted by Gasteiger charge is -2.12. The van der Waals surface area contributed by atoms with Crippen molar-refractivity contribution in [3.63, 3.8) is 0 Å². The molecular weight excluding hydrogens is 282 g/mol. The first-order valence-corrected chi connectivity index (χ1v) is 6.97. The fraction of sp³-hybridized carbons (Fsp3) is 0.176. The third-order valence-corrected chi connectivity index (χ3v) is 2.92. The Hall–Kier alpha value is -2.82. The van der Waals surface area contributed by atoms with Gasteiger partial charge < -0.3 is 20.0 Å². The van der Waals surface area contributed by atoms with Gasteiger partial charge in [-0.3, -0.25) is 4.79 Å². The highest BCUT2D eigenvalue weighted by Gasteiger charge is 2.08. The maximum atomic E-state index is 11.8. The number of carbonyl (C=O) groups is 2. The summed E-state index contributed by atoms with van der Waals surface area (Å²) in [5.74, 6) is -0.214. The first-order chi connectivity index (χ1) is 10.6. The number of carboxylic acids is 1. The van der Waals surface area contributed by atoms with Crippen LogP contribution in [0.2, 0.25) is 0 Å². The van der Waals surface area contributed by atoms with Crippen molar-refractivity contribution in [1.82, 2.24) is 0 Å². The van der Waals surface area contributed by atoms with E-state index < -0.39 is 5.97 Å². The van der Waals surface area contributed by atoms with Crippen molar-refractivity contribution in [2.24, 2.45) is 0 Å². The minimum atomic E-state index is -1.15. The smallest absolute Gasteiger partial charge is 0.224 e. The topological polar surface area (TPSA) is 78.5 Å². The second kappa shape index (κ2) is 7.83. The quantitative estimate of drug-likeness (QED) is 0.851. The van der Waals surface area contributed by atoms with Gasteiger partial charge in [0.1, 0.15) is 5.75 Å². The third kappa shape index (κ3) is 4.94. The normalized spacial score (nSPS) is 10.0. The monoisotopic (exact) mass is 298 g/mol. The first kappa shape index (κ1) is 15.6. The Bertz CT molecular complexity index is 640. The summed E-state index contributed by atoms with van der Waals surface area (Å²) < 4.78 is 5.73. The summed E-state index contributed by atoms with van der Waals surface area (Å²) in [6.45, 7) is 0. The summed E-state index contributed by atoms with van der Waals surface area (Å²) in [5, 5.41) is 13.1. The highest BCUT2D eigenvalue weighted by atomic mass is 16.5. The van der Waals surface area contributed by atoms with E-state index >= 15 is 0 Å². The summed E-state index contributed by atoms with van der Waals surface area (Å²) >= 11 is 0. The third-order valence-electron chi connectivity index (χ3n) is 2.92. The van der Waals surface area contributed by atoms with Crippen molar-refractivity contribution < 1.29 is 19.4 Å². The van der Waals surface area contributed by atoms with Gasteiger partial charge in [0, 0.05) is 12.4 Å². The summed E-state index contributed by atoms with van der Waals surface area (Å²) in [7, 11) is 0. The summed E-state index contributed by atoms with van der Waals surface area (Å²) in [6, 6.07) is 16.3. The van der Waals surface area contributed by atoms with Crippen LogP contribution in [-0.4, -0.2) is 11.9 Å². The number of carboxylic acid groups (broad SMARTS) is 1. The number of anilines is 1. The van der Waals surface area contributed by atoms with E-state index in [1.165, 1.54) is 0 Å². The number of para-hydroxylation sites is 3. The second-order valence-electron chi connectivity index (χ2n) is 4.69. The molecule has 0 saturated heterocycles. The van der Waals surface area contributed by atoms with Gasteiger partial charge in [0.15, 0.2) is 5.75 Å². The van der Waals surface area contributed by atoms with Gasteiger partial charge in [-0.25, -0.2) is 0 Å². The Balaban J connectivity index is 1.99. The summed E-state index contributed by atoms with van der Waals surface area (Å²) in [4.78, 5) is 22.2. The van der Waals surface area contributed by atoms with E-state index in [1.54, 1.807) is 18.2 Å². The zero-order valence-electron chi connectivity index (χ0n) is 12.0. The summed E-state index contributed by atoms with van der Waals surface area (Å²) in [5.41, 5.74) is 0.546. The van der Waals surface area contributed by atoms with Crippen LogP contribution in [0.5, 0.6) is 11.5 Å². The number of rotatable bonds is 7. The Labute approximate surface area is 128 Å². The molecule has 0 aliphatic rings. The molecule has 2 aromatic carbocycles. The van der Waals surface area contributed by atoms with Crippen LogP contribution in [0.25, 0.3) is 0 Å². The number of amides is 1. The number of ether oxygens (including phenoxy) is 1. The highest BCUT2D eigenvalue weighted by Crippen LogP contribution is 2.29. The number of benzene rings is 2. The van der Waals surface area contributed by atoms with Crippen molar-refractivity contribution in [1.29, 1.82) is 0 Å². The lowest BCUT2D eigenvalue weighted by atomic mass is 10.2. The molecule has 5 nitrogen and oxygen atoms in total. The van der Waals surface area contributed by atoms with Crippen LogP contribution in [0.15, 0.2) is 54.6 Å². The van der Waals surface area contributed by atoms with Crippen LogP contribution >= 0.6 is 0 Å². The minimum absolute atomic E-state index is 0.119. The predicted molar refractivity (Wildman–Crippen MR) is 80.4 cm³/mol. The van der Waals surface area contributed by atoms with Gasteiger partial charge in [0.05, 0.1) is 5.69 Å². The lowest BCUT2D eigenvalue weighted by Crippen LogP contribution is -2.22. The van der Waals surface area contributed by atoms with Crippen LogP contribution in [0, 0.1) is 0 Å². The van der Waals surface area contributed by atoms with Crippen LogP contribution in [0.4, 0.5) is 5.69 Å². The first-order valence-electron chi connectivity index (χ1n) is 6.97. The van der Waals surface area contributed by atoms with Crippen molar-refractivity contribution in [3.8, 4) is 11.5 Å². The van der Waals surface area contributed by atoms with E-state index in [9.17, 15) is 14.7 Å². The number of hydrogen-bond donors (Lipinski definition) is 1. The molecular formula is C17H16NO4-. The molecule has 114 valence electrons. The van der Waals surface area contributed by atoms with Crippen LogP contribution in [0.1, 0.15) is 19.3 Å². The van der Waals surface area contributed by atoms with Gasteiger partial charge in [0.25, 0.3) is 0 Å². The molecule has 22 heavy (non-hydrogen) atoms. The van der Waals surface area contributed by atoms with E-state index in [-0.39, 0.29) is 25.2 Å². The molecule has 0 fully saturated rings. The molecule has 1 N–H and O–H groups in total. The van der Waals surface area contributed by atoms with Gasteiger partial charge in [-0.15, -0.1) is 0 Å². The van der Waals surface area contributed by atoms with E-state index in [0.717, 1.165) is 0 Å². The average molecular weight is 298 g/mol. The van der Waals surface area contributed by atoms with E-state index in [2.05, 4.69) is 5.32 Å². The molecule has 0 aromatic heterocycles. The molecule has 2 aromatic rings. The van der Waals surface area contributed by atoms with Crippen molar-refractivity contribution in [2.75, 3.05) is 5.32 Å². The molecule has 0 spiro atoms. The minimum Gasteiger partial charge on any atom is -0.550 e. The fourth-order valence-corrected chi connectivity index (χ4v) is 1.88.